The summed E-state index contributed by atoms with van der Waals surface area (Å²) >= 11 is 0. The number of benzene rings is 1. The number of imidazole rings is 1. The number of hydrogen-bond acceptors (Lipinski definition) is 5. The highest BCUT2D eigenvalue weighted by Crippen LogP contribution is 2.39. The van der Waals surface area contributed by atoms with E-state index in [2.05, 4.69) is 20.8 Å². The van der Waals surface area contributed by atoms with Crippen molar-refractivity contribution >= 4 is 21.1 Å². The van der Waals surface area contributed by atoms with Crippen LogP contribution in [-0.4, -0.2) is 23.0 Å². The Balaban J connectivity index is 1.66. The van der Waals surface area contributed by atoms with Crippen LogP contribution < -0.4 is 4.72 Å². The zero-order chi connectivity index (χ0) is 19.9. The van der Waals surface area contributed by atoms with E-state index in [4.69, 9.17) is 5.26 Å². The number of nitrogens with one attached hydrogen (secondary N) is 1. The van der Waals surface area contributed by atoms with Crippen LogP contribution in [0.25, 0.3) is 11.0 Å². The van der Waals surface area contributed by atoms with E-state index in [1.54, 1.807) is 13.1 Å². The second-order valence-corrected chi connectivity index (χ2v) is 8.78. The number of fused-ring (bicyclic) bond motifs is 1. The Kier molecular flexibility index (Phi) is 4.65. The van der Waals surface area contributed by atoms with Gasteiger partial charge in [0.05, 0.1) is 34.3 Å². The summed E-state index contributed by atoms with van der Waals surface area (Å²) < 4.78 is 30.2. The molecule has 0 radical (unpaired) electrons. The van der Waals surface area contributed by atoms with Gasteiger partial charge in [-0.25, -0.2) is 18.1 Å². The van der Waals surface area contributed by atoms with Crippen molar-refractivity contribution in [3.63, 3.8) is 0 Å². The predicted molar refractivity (Wildman–Crippen MR) is 105 cm³/mol. The summed E-state index contributed by atoms with van der Waals surface area (Å²) in [5.41, 5.74) is 3.25. The van der Waals surface area contributed by atoms with E-state index < -0.39 is 16.1 Å². The molecule has 1 aromatic carbocycles. The van der Waals surface area contributed by atoms with E-state index >= 15 is 0 Å². The first-order chi connectivity index (χ1) is 13.4. The third kappa shape index (κ3) is 3.39. The lowest BCUT2D eigenvalue weighted by Crippen LogP contribution is -2.28. The van der Waals surface area contributed by atoms with Gasteiger partial charge in [-0.15, -0.1) is 0 Å². The maximum absolute atomic E-state index is 12.7. The van der Waals surface area contributed by atoms with Crippen LogP contribution in [-0.2, 0) is 16.6 Å². The molecular weight excluding hydrogens is 374 g/mol. The molecule has 3 aromatic rings. The van der Waals surface area contributed by atoms with Crippen LogP contribution in [0.15, 0.2) is 41.4 Å². The highest BCUT2D eigenvalue weighted by atomic mass is 32.2. The zero-order valence-corrected chi connectivity index (χ0v) is 16.6. The smallest absolute Gasteiger partial charge is 0.241 e. The Morgan fingerprint density at radius 1 is 1.32 bits per heavy atom. The molecule has 4 rings (SSSR count). The van der Waals surface area contributed by atoms with Crippen LogP contribution in [0, 0.1) is 11.3 Å². The standard InChI is InChI=1S/C20H21N5O2S/c1-3-25-19-10-17(15-6-7-15)22-12-18(19)23-20(25)13(2)24-28(26,27)16-8-4-14(11-21)5-9-16/h4-5,8-10,12-13,15,24H,3,6-7H2,1-2H3/t13-/m1/s1. The van der Waals surface area contributed by atoms with Gasteiger partial charge in [-0.3, -0.25) is 4.98 Å². The van der Waals surface area contributed by atoms with E-state index in [0.717, 1.165) is 16.7 Å². The summed E-state index contributed by atoms with van der Waals surface area (Å²) in [5, 5.41) is 8.88. The predicted octanol–water partition coefficient (Wildman–Crippen LogP) is 3.24. The summed E-state index contributed by atoms with van der Waals surface area (Å²) in [7, 11) is -3.74. The molecule has 8 heteroatoms. The van der Waals surface area contributed by atoms with E-state index in [1.807, 2.05) is 17.6 Å². The summed E-state index contributed by atoms with van der Waals surface area (Å²) in [6, 6.07) is 9.40. The molecule has 1 saturated carbocycles. The minimum absolute atomic E-state index is 0.121. The molecule has 0 bridgehead atoms. The minimum Gasteiger partial charge on any atom is -0.327 e. The fourth-order valence-corrected chi connectivity index (χ4v) is 4.59. The van der Waals surface area contributed by atoms with Crippen molar-refractivity contribution in [2.45, 2.75) is 50.1 Å². The third-order valence-corrected chi connectivity index (χ3v) is 6.57. The fraction of sp³-hybridized carbons (Fsp3) is 0.350. The lowest BCUT2D eigenvalue weighted by atomic mass is 10.2. The maximum Gasteiger partial charge on any atom is 0.241 e. The molecular formula is C20H21N5O2S. The highest BCUT2D eigenvalue weighted by Gasteiger charge is 2.27. The molecule has 1 atom stereocenters. The van der Waals surface area contributed by atoms with Crippen LogP contribution >= 0.6 is 0 Å². The molecule has 28 heavy (non-hydrogen) atoms. The Hall–Kier alpha value is -2.76. The Bertz CT molecular complexity index is 1170. The molecule has 1 aliphatic carbocycles. The zero-order valence-electron chi connectivity index (χ0n) is 15.8. The van der Waals surface area contributed by atoms with Crippen LogP contribution in [0.5, 0.6) is 0 Å². The fourth-order valence-electron chi connectivity index (χ4n) is 3.39. The number of nitriles is 1. The molecule has 144 valence electrons. The summed E-state index contributed by atoms with van der Waals surface area (Å²) in [5.74, 6) is 1.20. The average Bonchev–Trinajstić information content (AvgIpc) is 3.47. The van der Waals surface area contributed by atoms with Gasteiger partial charge in [0.25, 0.3) is 0 Å². The third-order valence-electron chi connectivity index (χ3n) is 5.01. The van der Waals surface area contributed by atoms with Gasteiger partial charge in [-0.1, -0.05) is 0 Å². The number of sulfonamides is 1. The largest absolute Gasteiger partial charge is 0.327 e. The number of pyridine rings is 1. The average molecular weight is 395 g/mol. The molecule has 0 aliphatic heterocycles. The van der Waals surface area contributed by atoms with Crippen molar-refractivity contribution in [3.05, 3.63) is 53.6 Å². The minimum atomic E-state index is -3.74. The molecule has 1 N–H and O–H groups in total. The van der Waals surface area contributed by atoms with Crippen molar-refractivity contribution in [2.24, 2.45) is 0 Å². The van der Waals surface area contributed by atoms with Crippen molar-refractivity contribution in [1.82, 2.24) is 19.3 Å². The van der Waals surface area contributed by atoms with Crippen molar-refractivity contribution in [1.29, 1.82) is 5.26 Å². The molecule has 7 nitrogen and oxygen atoms in total. The van der Waals surface area contributed by atoms with Gasteiger partial charge in [-0.05, 0) is 57.0 Å². The van der Waals surface area contributed by atoms with Gasteiger partial charge in [-0.2, -0.15) is 5.26 Å². The molecule has 2 heterocycles. The van der Waals surface area contributed by atoms with E-state index in [0.29, 0.717) is 23.9 Å². The summed E-state index contributed by atoms with van der Waals surface area (Å²) in [4.78, 5) is 9.28. The highest BCUT2D eigenvalue weighted by molar-refractivity contribution is 7.89. The number of nitrogens with zero attached hydrogens (tertiary/aromatic N) is 4. The van der Waals surface area contributed by atoms with Crippen molar-refractivity contribution in [2.75, 3.05) is 0 Å². The van der Waals surface area contributed by atoms with E-state index in [9.17, 15) is 8.42 Å². The maximum atomic E-state index is 12.7. The van der Waals surface area contributed by atoms with Crippen molar-refractivity contribution in [3.8, 4) is 6.07 Å². The first-order valence-electron chi connectivity index (χ1n) is 9.31. The molecule has 2 aromatic heterocycles. The second kappa shape index (κ2) is 7.00. The number of aryl methyl sites for hydroxylation is 1. The first-order valence-corrected chi connectivity index (χ1v) is 10.8. The molecule has 1 fully saturated rings. The Morgan fingerprint density at radius 3 is 2.64 bits per heavy atom. The molecule has 0 saturated heterocycles. The quantitative estimate of drug-likeness (QED) is 0.690. The molecule has 0 unspecified atom stereocenters. The van der Waals surface area contributed by atoms with Gasteiger partial charge in [0.15, 0.2) is 0 Å². The monoisotopic (exact) mass is 395 g/mol. The summed E-state index contributed by atoms with van der Waals surface area (Å²) in [6.07, 6.45) is 4.12. The van der Waals surface area contributed by atoms with Gasteiger partial charge in [0.1, 0.15) is 11.3 Å². The SMILES string of the molecule is CCn1c([C@@H](C)NS(=O)(=O)c2ccc(C#N)cc2)nc2cnc(C3CC3)cc21. The molecule has 1 aliphatic rings. The normalized spacial score (nSPS) is 15.5. The Labute approximate surface area is 164 Å². The second-order valence-electron chi connectivity index (χ2n) is 7.07. The summed E-state index contributed by atoms with van der Waals surface area (Å²) in [6.45, 7) is 4.48. The van der Waals surface area contributed by atoms with Crippen LogP contribution in [0.4, 0.5) is 0 Å². The lowest BCUT2D eigenvalue weighted by molar-refractivity contribution is 0.549. The Morgan fingerprint density at radius 2 is 2.04 bits per heavy atom. The van der Waals surface area contributed by atoms with Crippen LogP contribution in [0.2, 0.25) is 0 Å². The van der Waals surface area contributed by atoms with Gasteiger partial charge >= 0.3 is 0 Å². The van der Waals surface area contributed by atoms with Gasteiger partial charge in [0, 0.05) is 18.2 Å². The van der Waals surface area contributed by atoms with Crippen LogP contribution in [0.1, 0.15) is 55.7 Å². The number of aromatic nitrogens is 3. The molecule has 0 spiro atoms. The first kappa shape index (κ1) is 18.6. The van der Waals surface area contributed by atoms with Crippen molar-refractivity contribution < 1.29 is 8.42 Å². The van der Waals surface area contributed by atoms with Gasteiger partial charge < -0.3 is 4.57 Å². The molecule has 0 amide bonds. The lowest BCUT2D eigenvalue weighted by Gasteiger charge is -2.15. The number of rotatable bonds is 6. The van der Waals surface area contributed by atoms with Crippen LogP contribution in [0.3, 0.4) is 0 Å². The van der Waals surface area contributed by atoms with E-state index in [1.165, 1.54) is 37.1 Å². The number of hydrogen-bond donors (Lipinski definition) is 1. The van der Waals surface area contributed by atoms with E-state index in [-0.39, 0.29) is 4.90 Å². The van der Waals surface area contributed by atoms with Gasteiger partial charge in [0.2, 0.25) is 10.0 Å². The topological polar surface area (TPSA) is 101 Å².